The van der Waals surface area contributed by atoms with Crippen molar-refractivity contribution in [3.63, 3.8) is 0 Å². The van der Waals surface area contributed by atoms with Gasteiger partial charge in [-0.05, 0) is 31.4 Å². The lowest BCUT2D eigenvalue weighted by molar-refractivity contribution is -0.124. The van der Waals surface area contributed by atoms with Gasteiger partial charge in [0, 0.05) is 12.5 Å². The van der Waals surface area contributed by atoms with Crippen LogP contribution in [0.1, 0.15) is 17.5 Å². The molecule has 1 fully saturated rings. The van der Waals surface area contributed by atoms with Crippen LogP contribution in [0.3, 0.4) is 0 Å². The van der Waals surface area contributed by atoms with E-state index >= 15 is 0 Å². The van der Waals surface area contributed by atoms with Gasteiger partial charge >= 0.3 is 0 Å². The van der Waals surface area contributed by atoms with Crippen molar-refractivity contribution >= 4 is 5.78 Å². The van der Waals surface area contributed by atoms with Gasteiger partial charge in [0.05, 0.1) is 6.61 Å². The zero-order valence-corrected chi connectivity index (χ0v) is 10.4. The lowest BCUT2D eigenvalue weighted by Crippen LogP contribution is -2.22. The molecule has 1 heterocycles. The molecule has 1 aliphatic heterocycles. The number of hydrogen-bond donors (Lipinski definition) is 0. The summed E-state index contributed by atoms with van der Waals surface area (Å²) in [5.41, 5.74) is 2.14. The summed E-state index contributed by atoms with van der Waals surface area (Å²) in [5.74, 6) is 1.00. The fourth-order valence-corrected chi connectivity index (χ4v) is 2.08. The first-order chi connectivity index (χ1) is 8.18. The van der Waals surface area contributed by atoms with Gasteiger partial charge in [-0.3, -0.25) is 4.79 Å². The molecule has 1 aliphatic rings. The van der Waals surface area contributed by atoms with Crippen molar-refractivity contribution in [3.8, 4) is 5.75 Å². The predicted octanol–water partition coefficient (Wildman–Crippen LogP) is 2.29. The Hall–Kier alpha value is -1.35. The summed E-state index contributed by atoms with van der Waals surface area (Å²) in [6.07, 6.45) is 0.828. The normalized spacial score (nSPS) is 19.3. The summed E-state index contributed by atoms with van der Waals surface area (Å²) in [5, 5.41) is 0. The van der Waals surface area contributed by atoms with Crippen molar-refractivity contribution < 1.29 is 14.3 Å². The number of hydrogen-bond acceptors (Lipinski definition) is 3. The van der Waals surface area contributed by atoms with E-state index in [9.17, 15) is 4.79 Å². The molecular weight excluding hydrogens is 216 g/mol. The molecule has 1 atom stereocenters. The zero-order chi connectivity index (χ0) is 12.3. The van der Waals surface area contributed by atoms with E-state index in [-0.39, 0.29) is 18.3 Å². The highest BCUT2D eigenvalue weighted by molar-refractivity contribution is 5.82. The Morgan fingerprint density at radius 1 is 1.41 bits per heavy atom. The molecule has 0 radical (unpaired) electrons. The number of Topliss-reactive ketones (excluding diaryl/α,β-unsaturated/α-hetero) is 1. The molecule has 0 saturated carbocycles. The molecule has 2 rings (SSSR count). The first-order valence-electron chi connectivity index (χ1n) is 5.98. The summed E-state index contributed by atoms with van der Waals surface area (Å²) in [7, 11) is 0. The Morgan fingerprint density at radius 2 is 2.12 bits per heavy atom. The average Bonchev–Trinajstić information content (AvgIpc) is 2.81. The molecule has 0 aromatic heterocycles. The molecule has 17 heavy (non-hydrogen) atoms. The highest BCUT2D eigenvalue weighted by Crippen LogP contribution is 2.23. The average molecular weight is 234 g/mol. The number of benzene rings is 1. The van der Waals surface area contributed by atoms with E-state index in [1.807, 2.05) is 32.0 Å². The van der Waals surface area contributed by atoms with Gasteiger partial charge in [0.15, 0.2) is 5.78 Å². The Balaban J connectivity index is 1.95. The van der Waals surface area contributed by atoms with Crippen LogP contribution in [0.5, 0.6) is 5.75 Å². The van der Waals surface area contributed by atoms with Gasteiger partial charge in [0.1, 0.15) is 12.4 Å². The molecule has 1 aromatic rings. The Bertz CT molecular complexity index is 386. The van der Waals surface area contributed by atoms with E-state index in [2.05, 4.69) is 0 Å². The van der Waals surface area contributed by atoms with Gasteiger partial charge in [-0.2, -0.15) is 0 Å². The number of carbonyl (C=O) groups excluding carboxylic acids is 1. The fraction of sp³-hybridized carbons (Fsp3) is 0.500. The van der Waals surface area contributed by atoms with Crippen LogP contribution in [-0.4, -0.2) is 25.6 Å². The van der Waals surface area contributed by atoms with Crippen molar-refractivity contribution in [3.05, 3.63) is 29.3 Å². The van der Waals surface area contributed by atoms with Crippen LogP contribution < -0.4 is 4.74 Å². The number of aryl methyl sites for hydroxylation is 2. The minimum Gasteiger partial charge on any atom is -0.485 e. The minimum atomic E-state index is 0.0272. The monoisotopic (exact) mass is 234 g/mol. The zero-order valence-electron chi connectivity index (χ0n) is 10.4. The molecule has 0 aliphatic carbocycles. The molecule has 3 heteroatoms. The standard InChI is InChI=1S/C14H18O3/c1-10-4-3-5-11(2)14(10)17-9-13(15)12-6-7-16-8-12/h3-5,12H,6-9H2,1-2H3. The van der Waals surface area contributed by atoms with Crippen LogP contribution in [0.4, 0.5) is 0 Å². The first-order valence-corrected chi connectivity index (χ1v) is 5.98. The molecule has 3 nitrogen and oxygen atoms in total. The molecule has 0 bridgehead atoms. The highest BCUT2D eigenvalue weighted by Gasteiger charge is 2.23. The van der Waals surface area contributed by atoms with Crippen LogP contribution in [0, 0.1) is 19.8 Å². The van der Waals surface area contributed by atoms with Gasteiger partial charge in [0.25, 0.3) is 0 Å². The second kappa shape index (κ2) is 5.32. The maximum absolute atomic E-state index is 11.8. The van der Waals surface area contributed by atoms with Crippen molar-refractivity contribution in [2.24, 2.45) is 5.92 Å². The molecule has 1 aromatic carbocycles. The molecule has 92 valence electrons. The Labute approximate surface area is 102 Å². The van der Waals surface area contributed by atoms with E-state index in [0.717, 1.165) is 23.3 Å². The molecule has 0 spiro atoms. The number of rotatable bonds is 4. The van der Waals surface area contributed by atoms with Gasteiger partial charge in [0.2, 0.25) is 0 Å². The largest absolute Gasteiger partial charge is 0.485 e. The van der Waals surface area contributed by atoms with Crippen LogP contribution in [0.2, 0.25) is 0 Å². The summed E-state index contributed by atoms with van der Waals surface area (Å²) in [4.78, 5) is 11.8. The van der Waals surface area contributed by atoms with E-state index < -0.39 is 0 Å². The Morgan fingerprint density at radius 3 is 2.71 bits per heavy atom. The lowest BCUT2D eigenvalue weighted by Gasteiger charge is -2.12. The number of ether oxygens (including phenoxy) is 2. The summed E-state index contributed by atoms with van der Waals surface area (Å²) in [6, 6.07) is 5.97. The van der Waals surface area contributed by atoms with Crippen molar-refractivity contribution in [2.45, 2.75) is 20.3 Å². The Kier molecular flexibility index (Phi) is 3.79. The third-order valence-corrected chi connectivity index (χ3v) is 3.15. The summed E-state index contributed by atoms with van der Waals surface area (Å²) >= 11 is 0. The molecule has 1 saturated heterocycles. The topological polar surface area (TPSA) is 35.5 Å². The molecular formula is C14H18O3. The molecule has 1 unspecified atom stereocenters. The smallest absolute Gasteiger partial charge is 0.175 e. The SMILES string of the molecule is Cc1cccc(C)c1OCC(=O)C1CCOC1. The van der Waals surface area contributed by atoms with Crippen molar-refractivity contribution in [2.75, 3.05) is 19.8 Å². The maximum atomic E-state index is 11.8. The van der Waals surface area contributed by atoms with Gasteiger partial charge < -0.3 is 9.47 Å². The van der Waals surface area contributed by atoms with Crippen LogP contribution in [-0.2, 0) is 9.53 Å². The third-order valence-electron chi connectivity index (χ3n) is 3.15. The second-order valence-electron chi connectivity index (χ2n) is 4.54. The number of para-hydroxylation sites is 1. The van der Waals surface area contributed by atoms with Crippen LogP contribution >= 0.6 is 0 Å². The third kappa shape index (κ3) is 2.86. The van der Waals surface area contributed by atoms with E-state index in [4.69, 9.17) is 9.47 Å². The van der Waals surface area contributed by atoms with E-state index in [1.54, 1.807) is 0 Å². The molecule has 0 amide bonds. The fourth-order valence-electron chi connectivity index (χ4n) is 2.08. The van der Waals surface area contributed by atoms with E-state index in [1.165, 1.54) is 0 Å². The van der Waals surface area contributed by atoms with Crippen molar-refractivity contribution in [1.82, 2.24) is 0 Å². The van der Waals surface area contributed by atoms with Crippen LogP contribution in [0.25, 0.3) is 0 Å². The van der Waals surface area contributed by atoms with Crippen molar-refractivity contribution in [1.29, 1.82) is 0 Å². The first kappa shape index (κ1) is 12.1. The summed E-state index contributed by atoms with van der Waals surface area (Å²) < 4.78 is 10.8. The molecule has 0 N–H and O–H groups in total. The summed E-state index contributed by atoms with van der Waals surface area (Å²) in [6.45, 7) is 5.38. The van der Waals surface area contributed by atoms with Gasteiger partial charge in [-0.25, -0.2) is 0 Å². The lowest BCUT2D eigenvalue weighted by atomic mass is 10.0. The number of ketones is 1. The van der Waals surface area contributed by atoms with Crippen LogP contribution in [0.15, 0.2) is 18.2 Å². The second-order valence-corrected chi connectivity index (χ2v) is 4.54. The van der Waals surface area contributed by atoms with Gasteiger partial charge in [-0.1, -0.05) is 18.2 Å². The highest BCUT2D eigenvalue weighted by atomic mass is 16.5. The number of carbonyl (C=O) groups is 1. The maximum Gasteiger partial charge on any atom is 0.175 e. The van der Waals surface area contributed by atoms with E-state index in [0.29, 0.717) is 13.2 Å². The van der Waals surface area contributed by atoms with Gasteiger partial charge in [-0.15, -0.1) is 0 Å². The quantitative estimate of drug-likeness (QED) is 0.801. The minimum absolute atomic E-state index is 0.0272. The predicted molar refractivity (Wildman–Crippen MR) is 65.3 cm³/mol.